The Morgan fingerprint density at radius 1 is 0.931 bits per heavy atom. The molecule has 29 heavy (non-hydrogen) atoms. The van der Waals surface area contributed by atoms with Gasteiger partial charge in [0, 0.05) is 32.7 Å². The second-order valence-corrected chi connectivity index (χ2v) is 11.8. The first-order valence-electron chi connectivity index (χ1n) is 9.76. The summed E-state index contributed by atoms with van der Waals surface area (Å²) < 4.78 is 52.9. The van der Waals surface area contributed by atoms with Gasteiger partial charge in [-0.05, 0) is 44.7 Å². The van der Waals surface area contributed by atoms with E-state index in [0.717, 1.165) is 22.9 Å². The van der Waals surface area contributed by atoms with Gasteiger partial charge in [0.05, 0.1) is 11.2 Å². The van der Waals surface area contributed by atoms with E-state index in [1.165, 1.54) is 8.61 Å². The maximum absolute atomic E-state index is 13.2. The summed E-state index contributed by atoms with van der Waals surface area (Å²) in [6.45, 7) is 6.81. The molecule has 0 N–H and O–H groups in total. The van der Waals surface area contributed by atoms with Gasteiger partial charge in [0.1, 0.15) is 6.04 Å². The second kappa shape index (κ2) is 7.98. The van der Waals surface area contributed by atoms with E-state index >= 15 is 0 Å². The molecule has 3 rings (SSSR count). The van der Waals surface area contributed by atoms with Crippen molar-refractivity contribution in [2.75, 3.05) is 39.0 Å². The number of rotatable bonds is 4. The number of aryl methyl sites for hydroxylation is 3. The van der Waals surface area contributed by atoms with Crippen molar-refractivity contribution in [3.8, 4) is 0 Å². The van der Waals surface area contributed by atoms with E-state index < -0.39 is 26.1 Å². The number of carbonyl (C=O) groups is 1. The summed E-state index contributed by atoms with van der Waals surface area (Å²) in [4.78, 5) is 14.8. The van der Waals surface area contributed by atoms with Crippen LogP contribution in [0.15, 0.2) is 17.0 Å². The molecule has 2 fully saturated rings. The highest BCUT2D eigenvalue weighted by Crippen LogP contribution is 2.27. The average molecular weight is 444 g/mol. The van der Waals surface area contributed by atoms with Crippen LogP contribution in [0.25, 0.3) is 0 Å². The Labute approximate surface area is 173 Å². The Bertz CT molecular complexity index is 989. The molecule has 1 aromatic carbocycles. The normalized spacial score (nSPS) is 22.2. The molecule has 1 unspecified atom stereocenters. The van der Waals surface area contributed by atoms with Gasteiger partial charge in [-0.3, -0.25) is 4.79 Å². The zero-order valence-electron chi connectivity index (χ0n) is 17.4. The first kappa shape index (κ1) is 22.2. The lowest BCUT2D eigenvalue weighted by Crippen LogP contribution is -2.55. The number of hydrogen-bond donors (Lipinski definition) is 0. The summed E-state index contributed by atoms with van der Waals surface area (Å²) in [5, 5.41) is 0. The van der Waals surface area contributed by atoms with Crippen LogP contribution < -0.4 is 0 Å². The van der Waals surface area contributed by atoms with Gasteiger partial charge in [0.25, 0.3) is 0 Å². The van der Waals surface area contributed by atoms with E-state index in [0.29, 0.717) is 24.3 Å². The van der Waals surface area contributed by atoms with Gasteiger partial charge in [-0.2, -0.15) is 8.61 Å². The van der Waals surface area contributed by atoms with Crippen molar-refractivity contribution in [2.45, 2.75) is 44.6 Å². The van der Waals surface area contributed by atoms with E-state index in [-0.39, 0.29) is 32.1 Å². The van der Waals surface area contributed by atoms with Gasteiger partial charge in [0.15, 0.2) is 0 Å². The summed E-state index contributed by atoms with van der Waals surface area (Å²) in [7, 11) is -7.09. The van der Waals surface area contributed by atoms with Crippen molar-refractivity contribution >= 4 is 26.0 Å². The summed E-state index contributed by atoms with van der Waals surface area (Å²) in [5.41, 5.74) is 2.45. The maximum atomic E-state index is 13.2. The van der Waals surface area contributed by atoms with Gasteiger partial charge in [-0.15, -0.1) is 0 Å². The van der Waals surface area contributed by atoms with Crippen LogP contribution in [-0.4, -0.2) is 81.3 Å². The van der Waals surface area contributed by atoms with Crippen molar-refractivity contribution < 1.29 is 21.6 Å². The Morgan fingerprint density at radius 2 is 1.48 bits per heavy atom. The molecule has 1 atom stereocenters. The van der Waals surface area contributed by atoms with Crippen molar-refractivity contribution in [3.63, 3.8) is 0 Å². The van der Waals surface area contributed by atoms with Crippen LogP contribution in [0.3, 0.4) is 0 Å². The highest BCUT2D eigenvalue weighted by molar-refractivity contribution is 7.89. The first-order valence-corrected chi connectivity index (χ1v) is 13.1. The quantitative estimate of drug-likeness (QED) is 0.688. The molecule has 2 aliphatic heterocycles. The lowest BCUT2D eigenvalue weighted by molar-refractivity contribution is -0.135. The van der Waals surface area contributed by atoms with Crippen molar-refractivity contribution in [3.05, 3.63) is 28.8 Å². The third-order valence-corrected chi connectivity index (χ3v) is 9.16. The summed E-state index contributed by atoms with van der Waals surface area (Å²) in [5.74, 6) is -0.229. The Balaban J connectivity index is 1.73. The minimum atomic E-state index is -3.65. The van der Waals surface area contributed by atoms with Crippen LogP contribution in [0.5, 0.6) is 0 Å². The molecular formula is C19H29N3O5S2. The maximum Gasteiger partial charge on any atom is 0.243 e. The first-order chi connectivity index (χ1) is 13.4. The minimum Gasteiger partial charge on any atom is -0.339 e. The molecule has 0 bridgehead atoms. The second-order valence-electron chi connectivity index (χ2n) is 7.99. The molecule has 0 aromatic heterocycles. The van der Waals surface area contributed by atoms with Crippen LogP contribution in [0, 0.1) is 20.8 Å². The molecule has 1 amide bonds. The molecule has 0 aliphatic carbocycles. The van der Waals surface area contributed by atoms with Crippen molar-refractivity contribution in [1.29, 1.82) is 0 Å². The zero-order valence-corrected chi connectivity index (χ0v) is 19.0. The number of piperazine rings is 1. The van der Waals surface area contributed by atoms with Crippen molar-refractivity contribution in [2.24, 2.45) is 0 Å². The minimum absolute atomic E-state index is 0.201. The lowest BCUT2D eigenvalue weighted by atomic mass is 10.1. The third-order valence-electron chi connectivity index (χ3n) is 5.67. The van der Waals surface area contributed by atoms with Crippen LogP contribution >= 0.6 is 0 Å². The third kappa shape index (κ3) is 4.35. The SMILES string of the molecule is Cc1cc(C)c(S(=O)(=O)N2CCN(C(=O)C3CCCN3S(C)(=O)=O)CC2)c(C)c1. The van der Waals surface area contributed by atoms with Crippen LogP contribution in [0.2, 0.25) is 0 Å². The lowest BCUT2D eigenvalue weighted by Gasteiger charge is -2.36. The average Bonchev–Trinajstić information content (AvgIpc) is 3.10. The fourth-order valence-electron chi connectivity index (χ4n) is 4.45. The summed E-state index contributed by atoms with van der Waals surface area (Å²) in [6.07, 6.45) is 2.28. The number of carbonyl (C=O) groups excluding carboxylic acids is 1. The molecule has 1 aromatic rings. The van der Waals surface area contributed by atoms with E-state index in [9.17, 15) is 21.6 Å². The van der Waals surface area contributed by atoms with E-state index in [4.69, 9.17) is 0 Å². The number of amides is 1. The Kier molecular flexibility index (Phi) is 6.11. The molecular weight excluding hydrogens is 414 g/mol. The Morgan fingerprint density at radius 3 is 2.00 bits per heavy atom. The highest BCUT2D eigenvalue weighted by Gasteiger charge is 2.40. The molecule has 2 saturated heterocycles. The predicted molar refractivity (Wildman–Crippen MR) is 111 cm³/mol. The molecule has 0 spiro atoms. The topological polar surface area (TPSA) is 95.1 Å². The van der Waals surface area contributed by atoms with Gasteiger partial charge in [-0.1, -0.05) is 17.7 Å². The number of nitrogens with zero attached hydrogens (tertiary/aromatic N) is 3. The van der Waals surface area contributed by atoms with Gasteiger partial charge in [0.2, 0.25) is 26.0 Å². The number of sulfonamides is 2. The monoisotopic (exact) mass is 443 g/mol. The largest absolute Gasteiger partial charge is 0.339 e. The van der Waals surface area contributed by atoms with E-state index in [2.05, 4.69) is 0 Å². The molecule has 0 saturated carbocycles. The standard InChI is InChI=1S/C19H29N3O5S2/c1-14-12-15(2)18(16(3)13-14)29(26,27)21-10-8-20(9-11-21)19(23)17-6-5-7-22(17)28(4,24)25/h12-13,17H,5-11H2,1-4H3. The van der Waals surface area contributed by atoms with Crippen LogP contribution in [-0.2, 0) is 24.8 Å². The summed E-state index contributed by atoms with van der Waals surface area (Å²) in [6, 6.07) is 3.05. The molecule has 2 aliphatic rings. The number of hydrogen-bond acceptors (Lipinski definition) is 5. The Hall–Kier alpha value is -1.49. The molecule has 2 heterocycles. The predicted octanol–water partition coefficient (Wildman–Crippen LogP) is 0.869. The van der Waals surface area contributed by atoms with Gasteiger partial charge < -0.3 is 4.90 Å². The fourth-order valence-corrected chi connectivity index (χ4v) is 7.40. The van der Waals surface area contributed by atoms with Crippen LogP contribution in [0.4, 0.5) is 0 Å². The zero-order chi connectivity index (χ0) is 21.6. The van der Waals surface area contributed by atoms with Gasteiger partial charge in [-0.25, -0.2) is 16.8 Å². The summed E-state index contributed by atoms with van der Waals surface area (Å²) >= 11 is 0. The number of benzene rings is 1. The van der Waals surface area contributed by atoms with Gasteiger partial charge >= 0.3 is 0 Å². The fraction of sp³-hybridized carbons (Fsp3) is 0.632. The molecule has 10 heteroatoms. The van der Waals surface area contributed by atoms with E-state index in [1.807, 2.05) is 19.1 Å². The van der Waals surface area contributed by atoms with Crippen molar-refractivity contribution in [1.82, 2.24) is 13.5 Å². The van der Waals surface area contributed by atoms with E-state index in [1.54, 1.807) is 18.7 Å². The molecule has 162 valence electrons. The molecule has 8 nitrogen and oxygen atoms in total. The molecule has 0 radical (unpaired) electrons. The van der Waals surface area contributed by atoms with Crippen LogP contribution in [0.1, 0.15) is 29.5 Å². The smallest absolute Gasteiger partial charge is 0.243 e. The highest BCUT2D eigenvalue weighted by atomic mass is 32.2.